The highest BCUT2D eigenvalue weighted by atomic mass is 31.2. The van der Waals surface area contributed by atoms with Crippen molar-refractivity contribution in [1.82, 2.24) is 0 Å². The van der Waals surface area contributed by atoms with Crippen molar-refractivity contribution in [1.29, 1.82) is 0 Å². The van der Waals surface area contributed by atoms with E-state index in [0.717, 1.165) is 44.9 Å². The van der Waals surface area contributed by atoms with Gasteiger partial charge in [0.2, 0.25) is 0 Å². The number of rotatable bonds is 46. The summed E-state index contributed by atoms with van der Waals surface area (Å²) in [6, 6.07) is 0. The summed E-state index contributed by atoms with van der Waals surface area (Å²) in [5.74, 6) is -0.867. The number of hydrogen-bond donors (Lipinski definition) is 2. The second-order valence-corrected chi connectivity index (χ2v) is 17.8. The average molecular weight is 842 g/mol. The molecule has 9 nitrogen and oxygen atoms in total. The molecule has 0 bridgehead atoms. The third kappa shape index (κ3) is 44.1. The number of hydrogen-bond acceptors (Lipinski definition) is 8. The molecule has 2 atom stereocenters. The molecule has 0 aromatic heterocycles. The summed E-state index contributed by atoms with van der Waals surface area (Å²) in [6.07, 6.45) is 49.4. The molecule has 0 aliphatic heterocycles. The fourth-order valence-electron chi connectivity index (χ4n) is 6.93. The number of allylic oxidation sites excluding steroid dienone is 4. The van der Waals surface area contributed by atoms with Gasteiger partial charge in [0.25, 0.3) is 0 Å². The minimum Gasteiger partial charge on any atom is -0.462 e. The smallest absolute Gasteiger partial charge is 0.462 e. The highest BCUT2D eigenvalue weighted by Gasteiger charge is 2.26. The van der Waals surface area contributed by atoms with Gasteiger partial charge in [0.1, 0.15) is 6.61 Å². The van der Waals surface area contributed by atoms with Gasteiger partial charge in [-0.3, -0.25) is 18.6 Å². The van der Waals surface area contributed by atoms with E-state index in [1.54, 1.807) is 0 Å². The molecule has 0 radical (unpaired) electrons. The maximum Gasteiger partial charge on any atom is 0.472 e. The molecule has 1 unspecified atom stereocenters. The van der Waals surface area contributed by atoms with Crippen molar-refractivity contribution in [2.24, 2.45) is 5.73 Å². The van der Waals surface area contributed by atoms with Crippen molar-refractivity contribution in [3.8, 4) is 0 Å². The Bertz CT molecular complexity index is 1010. The number of ether oxygens (including phenoxy) is 2. The van der Waals surface area contributed by atoms with Gasteiger partial charge in [0.05, 0.1) is 13.2 Å². The van der Waals surface area contributed by atoms with Crippen LogP contribution >= 0.6 is 7.82 Å². The van der Waals surface area contributed by atoms with E-state index in [2.05, 4.69) is 38.2 Å². The van der Waals surface area contributed by atoms with Gasteiger partial charge in [-0.15, -0.1) is 0 Å². The molecule has 3 N–H and O–H groups in total. The summed E-state index contributed by atoms with van der Waals surface area (Å²) in [6.45, 7) is 3.72. The topological polar surface area (TPSA) is 134 Å². The molecule has 0 aromatic carbocycles. The lowest BCUT2D eigenvalue weighted by atomic mass is 10.0. The maximum absolute atomic E-state index is 12.6. The lowest BCUT2D eigenvalue weighted by Gasteiger charge is -2.19. The molecule has 10 heteroatoms. The van der Waals surface area contributed by atoms with Crippen molar-refractivity contribution in [3.63, 3.8) is 0 Å². The first-order valence-electron chi connectivity index (χ1n) is 24.3. The first-order valence-corrected chi connectivity index (χ1v) is 25.8. The standard InChI is InChI=1S/C48H92NO8P/c1-3-5-7-9-11-13-15-17-19-20-21-22-23-24-25-26-27-29-30-32-34-36-38-40-47(50)54-44-46(45-56-58(52,53)55-43-42-49)57-48(51)41-39-37-35-33-31-28-18-16-14-12-10-8-6-4-2/h16,18,32,34,46H,3-15,17,19-31,33,35-45,49H2,1-2H3,(H,52,53)/b18-16+,34-32+/t46-/m0/s1. The molecule has 0 rings (SSSR count). The van der Waals surface area contributed by atoms with Crippen LogP contribution in [0.25, 0.3) is 0 Å². The quantitative estimate of drug-likeness (QED) is 0.0266. The third-order valence-corrected chi connectivity index (χ3v) is 11.5. The molecule has 0 fully saturated rings. The fourth-order valence-corrected chi connectivity index (χ4v) is 7.69. The summed E-state index contributed by atoms with van der Waals surface area (Å²) in [5.41, 5.74) is 5.35. The monoisotopic (exact) mass is 842 g/mol. The van der Waals surface area contributed by atoms with E-state index in [-0.39, 0.29) is 32.6 Å². The first kappa shape index (κ1) is 56.5. The molecule has 0 amide bonds. The Morgan fingerprint density at radius 2 is 0.862 bits per heavy atom. The fraction of sp³-hybridized carbons (Fsp3) is 0.875. The maximum atomic E-state index is 12.6. The van der Waals surface area contributed by atoms with Crippen molar-refractivity contribution >= 4 is 19.8 Å². The van der Waals surface area contributed by atoms with Gasteiger partial charge in [-0.1, -0.05) is 192 Å². The van der Waals surface area contributed by atoms with Crippen molar-refractivity contribution < 1.29 is 37.6 Å². The Labute approximate surface area is 357 Å². The van der Waals surface area contributed by atoms with Gasteiger partial charge in [-0.2, -0.15) is 0 Å². The first-order chi connectivity index (χ1) is 28.3. The molecule has 0 aliphatic carbocycles. The zero-order chi connectivity index (χ0) is 42.5. The predicted octanol–water partition coefficient (Wildman–Crippen LogP) is 14.3. The minimum absolute atomic E-state index is 0.0502. The van der Waals surface area contributed by atoms with Gasteiger partial charge in [-0.25, -0.2) is 4.57 Å². The summed E-state index contributed by atoms with van der Waals surface area (Å²) in [4.78, 5) is 34.9. The highest BCUT2D eigenvalue weighted by Crippen LogP contribution is 2.43. The second kappa shape index (κ2) is 45.0. The van der Waals surface area contributed by atoms with Crippen molar-refractivity contribution in [3.05, 3.63) is 24.3 Å². The number of nitrogens with two attached hydrogens (primary N) is 1. The van der Waals surface area contributed by atoms with E-state index in [0.29, 0.717) is 12.8 Å². The normalized spacial score (nSPS) is 13.4. The molecule has 0 heterocycles. The Morgan fingerprint density at radius 1 is 0.500 bits per heavy atom. The molecule has 58 heavy (non-hydrogen) atoms. The molecule has 0 aliphatic rings. The number of carbonyl (C=O) groups excluding carboxylic acids is 2. The minimum atomic E-state index is -4.38. The van der Waals surface area contributed by atoms with Crippen LogP contribution in [0.2, 0.25) is 0 Å². The molecule has 0 spiro atoms. The predicted molar refractivity (Wildman–Crippen MR) is 243 cm³/mol. The van der Waals surface area contributed by atoms with E-state index in [1.165, 1.54) is 154 Å². The van der Waals surface area contributed by atoms with Gasteiger partial charge >= 0.3 is 19.8 Å². The van der Waals surface area contributed by atoms with Crippen molar-refractivity contribution in [2.75, 3.05) is 26.4 Å². The second-order valence-electron chi connectivity index (χ2n) is 16.3. The van der Waals surface area contributed by atoms with E-state index >= 15 is 0 Å². The van der Waals surface area contributed by atoms with Crippen LogP contribution in [0.15, 0.2) is 24.3 Å². The lowest BCUT2D eigenvalue weighted by molar-refractivity contribution is -0.161. The Kier molecular flexibility index (Phi) is 43.9. The summed E-state index contributed by atoms with van der Waals surface area (Å²) >= 11 is 0. The van der Waals surface area contributed by atoms with Gasteiger partial charge < -0.3 is 20.1 Å². The Balaban J connectivity index is 4.04. The van der Waals surface area contributed by atoms with Crippen LogP contribution in [0, 0.1) is 0 Å². The van der Waals surface area contributed by atoms with Gasteiger partial charge in [0.15, 0.2) is 6.10 Å². The molecule has 0 saturated carbocycles. The zero-order valence-electron chi connectivity index (χ0n) is 37.8. The Hall–Kier alpha value is -1.51. The van der Waals surface area contributed by atoms with Gasteiger partial charge in [0, 0.05) is 19.4 Å². The van der Waals surface area contributed by atoms with Gasteiger partial charge in [-0.05, 0) is 57.8 Å². The Morgan fingerprint density at radius 3 is 1.28 bits per heavy atom. The summed E-state index contributed by atoms with van der Waals surface area (Å²) in [7, 11) is -4.38. The lowest BCUT2D eigenvalue weighted by Crippen LogP contribution is -2.29. The highest BCUT2D eigenvalue weighted by molar-refractivity contribution is 7.47. The molecular weight excluding hydrogens is 750 g/mol. The van der Waals surface area contributed by atoms with Crippen molar-refractivity contribution in [2.45, 2.75) is 245 Å². The summed E-state index contributed by atoms with van der Waals surface area (Å²) in [5, 5.41) is 0. The number of esters is 2. The largest absolute Gasteiger partial charge is 0.472 e. The van der Waals surface area contributed by atoms with Crippen LogP contribution < -0.4 is 5.73 Å². The van der Waals surface area contributed by atoms with E-state index < -0.39 is 32.5 Å². The average Bonchev–Trinajstić information content (AvgIpc) is 3.21. The molecule has 0 aromatic rings. The summed E-state index contributed by atoms with van der Waals surface area (Å²) < 4.78 is 32.8. The molecule has 342 valence electrons. The van der Waals surface area contributed by atoms with Crippen LogP contribution in [0.5, 0.6) is 0 Å². The third-order valence-electron chi connectivity index (χ3n) is 10.6. The SMILES string of the molecule is CCCCCCC/C=C/CCCCCCCC(=O)O[C@@H](COC(=O)CCC/C=C/CCCCCCCCCCCCCCCCCCCC)COP(=O)(O)OCCN. The van der Waals surface area contributed by atoms with Crippen LogP contribution in [0.4, 0.5) is 0 Å². The zero-order valence-corrected chi connectivity index (χ0v) is 38.7. The number of unbranched alkanes of at least 4 members (excludes halogenated alkanes) is 29. The van der Waals surface area contributed by atoms with E-state index in [9.17, 15) is 19.0 Å². The number of phosphoric ester groups is 1. The van der Waals surface area contributed by atoms with E-state index in [4.69, 9.17) is 24.3 Å². The van der Waals surface area contributed by atoms with E-state index in [1.807, 2.05) is 0 Å². The number of phosphoric acid groups is 1. The van der Waals surface area contributed by atoms with Crippen LogP contribution in [-0.2, 0) is 32.7 Å². The van der Waals surface area contributed by atoms with Crippen LogP contribution in [0.3, 0.4) is 0 Å². The molecular formula is C48H92NO8P. The van der Waals surface area contributed by atoms with Crippen LogP contribution in [-0.4, -0.2) is 49.3 Å². The number of carbonyl (C=O) groups is 2. The van der Waals surface area contributed by atoms with Crippen LogP contribution in [0.1, 0.15) is 239 Å². The molecule has 0 saturated heterocycles.